The highest BCUT2D eigenvalue weighted by Crippen LogP contribution is 2.49. The number of fused-ring (bicyclic) bond motifs is 8. The van der Waals surface area contributed by atoms with Gasteiger partial charge in [-0.2, -0.15) is 26.3 Å². The van der Waals surface area contributed by atoms with E-state index in [0.717, 1.165) is 169 Å². The average molecular weight is 1180 g/mol. The standard InChI is InChI=1S/C34H43F3N4O.C23H29F3N2O2.C11H16N2/c1-23-28-22-39(13-11-25(28)19-30-31(23)27-20-26(34(35,36)37)9-10-29(27)38-30)14-12-33(2,3)32(42)41-17-15-40(16-18-41)21-24-7-5-4-6-8-24;1-13-17-12-28(9-7-22(2,3)21(29)30)8-6-14(17)10-19-20(13)16-11-15(23(24,25)26)4-5-18(16)27-19;1-2-4-11(5-3-1)10-13-8-6-12-7-9-13/h4-10,20,23,25,28,38H,11-19,21-22H2,1-3H3;4-5,11,13-14,17,27H,6-10,12H2,1-3H3,(H,29,30);1-5,12H,6-10H2/t23-,25-,28-;13-,14-,17-;/m11./s1. The highest BCUT2D eigenvalue weighted by molar-refractivity contribution is 5.87. The number of carbonyl (C=O) groups is 2. The van der Waals surface area contributed by atoms with Crippen molar-refractivity contribution in [1.29, 1.82) is 0 Å². The lowest BCUT2D eigenvalue weighted by Gasteiger charge is -2.45. The van der Waals surface area contributed by atoms with Crippen LogP contribution in [0.1, 0.15) is 124 Å². The number of aliphatic carboxylic acids is 1. The Balaban J connectivity index is 0.000000161. The molecule has 17 heteroatoms. The smallest absolute Gasteiger partial charge is 0.416 e. The summed E-state index contributed by atoms with van der Waals surface area (Å²) in [6.07, 6.45) is -3.43. The minimum absolute atomic E-state index is 0.159. The van der Waals surface area contributed by atoms with E-state index in [-0.39, 0.29) is 17.7 Å². The highest BCUT2D eigenvalue weighted by Gasteiger charge is 2.44. The van der Waals surface area contributed by atoms with Crippen LogP contribution in [-0.2, 0) is 47.9 Å². The summed E-state index contributed by atoms with van der Waals surface area (Å²) in [6.45, 7) is 27.3. The number of carboxylic acid groups (broad SMARTS) is 1. The number of piperidine rings is 2. The van der Waals surface area contributed by atoms with Gasteiger partial charge in [-0.3, -0.25) is 19.4 Å². The van der Waals surface area contributed by atoms with Gasteiger partial charge in [-0.15, -0.1) is 0 Å². The third-order valence-corrected chi connectivity index (χ3v) is 20.0. The van der Waals surface area contributed by atoms with Crippen LogP contribution in [0.3, 0.4) is 0 Å². The fraction of sp³-hybridized carbons (Fsp3) is 0.559. The van der Waals surface area contributed by atoms with Crippen LogP contribution in [0.4, 0.5) is 26.3 Å². The van der Waals surface area contributed by atoms with Crippen molar-refractivity contribution < 1.29 is 41.0 Å². The lowest BCUT2D eigenvalue weighted by Crippen LogP contribution is -2.52. The summed E-state index contributed by atoms with van der Waals surface area (Å²) >= 11 is 0. The predicted octanol–water partition coefficient (Wildman–Crippen LogP) is 12.9. The molecule has 460 valence electrons. The van der Waals surface area contributed by atoms with Gasteiger partial charge in [-0.1, -0.05) is 88.4 Å². The van der Waals surface area contributed by atoms with Gasteiger partial charge in [0.2, 0.25) is 5.91 Å². The Kier molecular flexibility index (Phi) is 19.0. The second-order valence-electron chi connectivity index (χ2n) is 26.7. The largest absolute Gasteiger partial charge is 0.481 e. The number of hydrogen-bond donors (Lipinski definition) is 4. The van der Waals surface area contributed by atoms with Crippen LogP contribution in [0, 0.1) is 34.5 Å². The molecular formula is C68H88F6N8O3. The molecule has 1 amide bonds. The SMILES string of the molecule is C[C@H]1c2c([nH]c3ccc(C(F)(F)F)cc23)C[C@H]2CCN(CCC(C)(C)C(=O)N3CCN(Cc4ccccc4)CC3)C[C@@H]21.C[C@H]1c2c([nH]c3ccc(C(F)(F)F)cc23)C[C@H]2CCN(CCC(C)(C)C(=O)O)C[C@@H]21.c1ccc(CN2CCNCC2)cc1. The molecule has 4 aromatic carbocycles. The number of aromatic nitrogens is 2. The number of likely N-dealkylation sites (tertiary alicyclic amines) is 2. The molecule has 0 bridgehead atoms. The second kappa shape index (κ2) is 25.9. The molecule has 12 rings (SSSR count). The lowest BCUT2D eigenvalue weighted by molar-refractivity contribution is -0.147. The number of halogens is 6. The number of piperazine rings is 2. The molecular weight excluding hydrogens is 1090 g/mol. The summed E-state index contributed by atoms with van der Waals surface area (Å²) < 4.78 is 80.2. The molecule has 4 fully saturated rings. The third-order valence-electron chi connectivity index (χ3n) is 20.0. The number of carbonyl (C=O) groups excluding carboxylic acids is 1. The molecule has 0 unspecified atom stereocenters. The Morgan fingerprint density at radius 3 is 1.39 bits per heavy atom. The molecule has 4 N–H and O–H groups in total. The van der Waals surface area contributed by atoms with Crippen molar-refractivity contribution in [3.8, 4) is 0 Å². The molecule has 2 aromatic heterocycles. The summed E-state index contributed by atoms with van der Waals surface area (Å²) in [5.41, 5.74) is 6.22. The average Bonchev–Trinajstić information content (AvgIpc) is 2.06. The molecule has 4 aliphatic heterocycles. The van der Waals surface area contributed by atoms with Gasteiger partial charge in [0.15, 0.2) is 0 Å². The first kappa shape index (κ1) is 62.3. The highest BCUT2D eigenvalue weighted by atomic mass is 19.4. The van der Waals surface area contributed by atoms with Crippen molar-refractivity contribution in [3.63, 3.8) is 0 Å². The minimum Gasteiger partial charge on any atom is -0.481 e. The van der Waals surface area contributed by atoms with Crippen molar-refractivity contribution in [2.75, 3.05) is 91.6 Å². The molecule has 6 aliphatic rings. The molecule has 6 heterocycles. The van der Waals surface area contributed by atoms with Crippen molar-refractivity contribution in [3.05, 3.63) is 142 Å². The normalized spacial score (nSPS) is 23.6. The third kappa shape index (κ3) is 14.7. The molecule has 6 aromatic rings. The number of alkyl halides is 6. The van der Waals surface area contributed by atoms with Gasteiger partial charge < -0.3 is 35.1 Å². The van der Waals surface area contributed by atoms with E-state index < -0.39 is 40.3 Å². The van der Waals surface area contributed by atoms with E-state index in [0.29, 0.717) is 35.5 Å². The maximum atomic E-state index is 13.6. The monoisotopic (exact) mass is 1180 g/mol. The van der Waals surface area contributed by atoms with Crippen molar-refractivity contribution in [2.45, 2.75) is 117 Å². The molecule has 6 atom stereocenters. The van der Waals surface area contributed by atoms with Crippen molar-refractivity contribution in [1.82, 2.24) is 39.8 Å². The zero-order chi connectivity index (χ0) is 60.4. The van der Waals surface area contributed by atoms with E-state index in [9.17, 15) is 41.0 Å². The predicted molar refractivity (Wildman–Crippen MR) is 324 cm³/mol. The Morgan fingerprint density at radius 1 is 0.541 bits per heavy atom. The lowest BCUT2D eigenvalue weighted by atomic mass is 9.68. The molecule has 4 saturated heterocycles. The zero-order valence-corrected chi connectivity index (χ0v) is 50.5. The topological polar surface area (TPSA) is 114 Å². The number of hydrogen-bond acceptors (Lipinski definition) is 7. The Bertz CT molecular complexity index is 3220. The van der Waals surface area contributed by atoms with E-state index in [1.807, 2.05) is 11.0 Å². The molecule has 85 heavy (non-hydrogen) atoms. The van der Waals surface area contributed by atoms with E-state index in [1.54, 1.807) is 26.0 Å². The number of nitrogens with zero attached hydrogens (tertiary/aromatic N) is 5. The van der Waals surface area contributed by atoms with Gasteiger partial charge in [-0.25, -0.2) is 0 Å². The Morgan fingerprint density at radius 2 is 0.965 bits per heavy atom. The fourth-order valence-corrected chi connectivity index (χ4v) is 14.6. The molecule has 0 radical (unpaired) electrons. The summed E-state index contributed by atoms with van der Waals surface area (Å²) in [7, 11) is 0. The van der Waals surface area contributed by atoms with E-state index in [4.69, 9.17) is 0 Å². The Labute approximate surface area is 497 Å². The number of aromatic amines is 2. The van der Waals surface area contributed by atoms with Gasteiger partial charge in [0.25, 0.3) is 0 Å². The molecule has 2 aliphatic carbocycles. The van der Waals surface area contributed by atoms with Gasteiger partial charge in [0.1, 0.15) is 0 Å². The first-order chi connectivity index (χ1) is 40.4. The molecule has 11 nitrogen and oxygen atoms in total. The summed E-state index contributed by atoms with van der Waals surface area (Å²) in [6, 6.07) is 29.2. The maximum absolute atomic E-state index is 13.6. The molecule has 0 saturated carbocycles. The van der Waals surface area contributed by atoms with Crippen LogP contribution in [-0.4, -0.2) is 143 Å². The number of benzene rings is 4. The van der Waals surface area contributed by atoms with E-state index in [2.05, 4.69) is 117 Å². The zero-order valence-electron chi connectivity index (χ0n) is 50.5. The van der Waals surface area contributed by atoms with Gasteiger partial charge in [-0.05, 0) is 173 Å². The number of nitrogens with one attached hydrogen (secondary N) is 3. The first-order valence-corrected chi connectivity index (χ1v) is 31.1. The first-order valence-electron chi connectivity index (χ1n) is 31.1. The van der Waals surface area contributed by atoms with Crippen molar-refractivity contribution >= 4 is 33.7 Å². The van der Waals surface area contributed by atoms with Crippen LogP contribution < -0.4 is 5.32 Å². The van der Waals surface area contributed by atoms with Gasteiger partial charge in [0.05, 0.1) is 16.5 Å². The molecule has 0 spiro atoms. The maximum Gasteiger partial charge on any atom is 0.416 e. The quantitative estimate of drug-likeness (QED) is 0.0896. The summed E-state index contributed by atoms with van der Waals surface area (Å²) in [5, 5.41) is 14.1. The van der Waals surface area contributed by atoms with Gasteiger partial charge in [0, 0.05) is 117 Å². The number of H-pyrrole nitrogens is 2. The van der Waals surface area contributed by atoms with Crippen LogP contribution in [0.25, 0.3) is 21.8 Å². The number of rotatable bonds is 12. The van der Waals surface area contributed by atoms with E-state index in [1.165, 1.54) is 42.4 Å². The van der Waals surface area contributed by atoms with Gasteiger partial charge >= 0.3 is 18.3 Å². The van der Waals surface area contributed by atoms with Crippen LogP contribution in [0.15, 0.2) is 97.1 Å². The summed E-state index contributed by atoms with van der Waals surface area (Å²) in [4.78, 5) is 43.6. The van der Waals surface area contributed by atoms with Crippen LogP contribution in [0.2, 0.25) is 0 Å². The second-order valence-corrected chi connectivity index (χ2v) is 26.7. The van der Waals surface area contributed by atoms with Crippen molar-refractivity contribution in [2.24, 2.45) is 34.5 Å². The number of carboxylic acids is 1. The number of amides is 1. The summed E-state index contributed by atoms with van der Waals surface area (Å²) in [5.74, 6) is 1.60. The van der Waals surface area contributed by atoms with E-state index >= 15 is 0 Å². The van der Waals surface area contributed by atoms with Crippen LogP contribution >= 0.6 is 0 Å². The fourth-order valence-electron chi connectivity index (χ4n) is 14.6. The Hall–Kier alpha value is -5.72. The minimum atomic E-state index is -4.35. The van der Waals surface area contributed by atoms with Crippen LogP contribution in [0.5, 0.6) is 0 Å².